The lowest BCUT2D eigenvalue weighted by molar-refractivity contribution is -0.122. The van der Waals surface area contributed by atoms with Crippen molar-refractivity contribution in [3.8, 4) is 0 Å². The van der Waals surface area contributed by atoms with E-state index < -0.39 is 43.7 Å². The number of benzene rings is 3. The molecule has 9 nitrogen and oxygen atoms in total. The highest BCUT2D eigenvalue weighted by molar-refractivity contribution is 7.89. The number of rotatable bonds is 8. The summed E-state index contributed by atoms with van der Waals surface area (Å²) in [5.41, 5.74) is 3.36. The molecule has 2 N–H and O–H groups in total. The van der Waals surface area contributed by atoms with Gasteiger partial charge in [0, 0.05) is 6.54 Å². The molecule has 0 aliphatic carbocycles. The first-order valence-electron chi connectivity index (χ1n) is 12.5. The molecule has 0 radical (unpaired) electrons. The Morgan fingerprint density at radius 2 is 1.45 bits per heavy atom. The third kappa shape index (κ3) is 5.57. The number of carbonyl (C=O) groups excluding carboxylic acids is 2. The molecule has 0 saturated carbocycles. The molecule has 0 aromatic heterocycles. The number of imide groups is 1. The number of halogens is 1. The van der Waals surface area contributed by atoms with Crippen LogP contribution >= 0.6 is 0 Å². The average molecular weight is 588 g/mol. The number of primary sulfonamides is 1. The van der Waals surface area contributed by atoms with Gasteiger partial charge in [0.05, 0.1) is 21.9 Å². The minimum absolute atomic E-state index is 0.0788. The number of aryl methyl sites for hydroxylation is 2. The Bertz CT molecular complexity index is 1680. The van der Waals surface area contributed by atoms with Crippen LogP contribution in [-0.4, -0.2) is 45.5 Å². The molecule has 1 fully saturated rings. The summed E-state index contributed by atoms with van der Waals surface area (Å²) in [5.74, 6) is -1.88. The predicted octanol–water partition coefficient (Wildman–Crippen LogP) is 3.27. The van der Waals surface area contributed by atoms with Crippen molar-refractivity contribution in [2.45, 2.75) is 56.4 Å². The second kappa shape index (κ2) is 10.8. The minimum Gasteiger partial charge on any atom is -0.274 e. The van der Waals surface area contributed by atoms with E-state index in [4.69, 9.17) is 5.14 Å². The fourth-order valence-corrected chi connectivity index (χ4v) is 7.59. The van der Waals surface area contributed by atoms with Gasteiger partial charge in [-0.3, -0.25) is 9.59 Å². The van der Waals surface area contributed by atoms with E-state index in [1.165, 1.54) is 36.4 Å². The molecule has 0 spiro atoms. The number of carbonyl (C=O) groups is 2. The third-order valence-electron chi connectivity index (χ3n) is 7.29. The summed E-state index contributed by atoms with van der Waals surface area (Å²) in [6.45, 7) is 6.85. The van der Waals surface area contributed by atoms with Crippen molar-refractivity contribution >= 4 is 37.5 Å². The molecule has 1 atom stereocenters. The number of hydrogen-bond donors (Lipinski definition) is 1. The minimum atomic E-state index is -4.30. The van der Waals surface area contributed by atoms with Crippen molar-refractivity contribution in [1.29, 1.82) is 0 Å². The van der Waals surface area contributed by atoms with E-state index in [-0.39, 0.29) is 34.9 Å². The van der Waals surface area contributed by atoms with Crippen molar-refractivity contribution in [2.75, 3.05) is 11.4 Å². The zero-order chi connectivity index (χ0) is 29.6. The number of nitrogens with two attached hydrogens (primary N) is 1. The Kier molecular flexibility index (Phi) is 8.01. The summed E-state index contributed by atoms with van der Waals surface area (Å²) in [4.78, 5) is 27.5. The van der Waals surface area contributed by atoms with Crippen LogP contribution in [0.15, 0.2) is 64.4 Å². The standard InChI is InChI=1S/C28H30FN3O6S2/c1-17-15-18(2)20(4)27(19(17)3)40(37,38)31(14-13-21-5-11-24(12-6-21)39(30,35)36)25-16-26(33)32(28(25)34)23-9-7-22(29)8-10-23/h5-12,15,25H,13-14,16H2,1-4H3,(H2,30,35,36). The molecular formula is C28H30FN3O6S2. The van der Waals surface area contributed by atoms with Crippen LogP contribution in [0.1, 0.15) is 34.2 Å². The second-order valence-electron chi connectivity index (χ2n) is 9.91. The van der Waals surface area contributed by atoms with Gasteiger partial charge in [0.25, 0.3) is 5.91 Å². The molecule has 2 amide bonds. The molecule has 1 aliphatic heterocycles. The quantitative estimate of drug-likeness (QED) is 0.402. The van der Waals surface area contributed by atoms with E-state index >= 15 is 0 Å². The Labute approximate surface area is 233 Å². The van der Waals surface area contributed by atoms with E-state index in [1.807, 2.05) is 6.07 Å². The Hall–Kier alpha value is -3.45. The molecule has 12 heteroatoms. The van der Waals surface area contributed by atoms with E-state index in [9.17, 15) is 30.8 Å². The normalized spacial score (nSPS) is 16.3. The Balaban J connectivity index is 1.77. The number of anilines is 1. The van der Waals surface area contributed by atoms with E-state index in [2.05, 4.69) is 0 Å². The molecule has 3 aromatic rings. The van der Waals surface area contributed by atoms with Crippen molar-refractivity contribution < 1.29 is 30.8 Å². The topological polar surface area (TPSA) is 135 Å². The summed E-state index contributed by atoms with van der Waals surface area (Å²) in [5, 5.41) is 5.17. The van der Waals surface area contributed by atoms with Gasteiger partial charge in [0.1, 0.15) is 11.9 Å². The molecule has 1 unspecified atom stereocenters. The molecule has 212 valence electrons. The van der Waals surface area contributed by atoms with Gasteiger partial charge in [0.2, 0.25) is 26.0 Å². The maximum atomic E-state index is 14.3. The molecule has 40 heavy (non-hydrogen) atoms. The van der Waals surface area contributed by atoms with Crippen LogP contribution in [-0.2, 0) is 36.1 Å². The maximum absolute atomic E-state index is 14.3. The van der Waals surface area contributed by atoms with Crippen LogP contribution < -0.4 is 10.0 Å². The highest BCUT2D eigenvalue weighted by Crippen LogP contribution is 2.34. The van der Waals surface area contributed by atoms with E-state index in [0.717, 1.165) is 32.5 Å². The highest BCUT2D eigenvalue weighted by Gasteiger charge is 2.47. The second-order valence-corrected chi connectivity index (χ2v) is 13.3. The van der Waals surface area contributed by atoms with Gasteiger partial charge in [-0.25, -0.2) is 31.3 Å². The third-order valence-corrected chi connectivity index (χ3v) is 10.4. The van der Waals surface area contributed by atoms with Crippen molar-refractivity contribution in [3.05, 3.63) is 88.2 Å². The smallest absolute Gasteiger partial charge is 0.252 e. The van der Waals surface area contributed by atoms with Crippen molar-refractivity contribution in [2.24, 2.45) is 5.14 Å². The lowest BCUT2D eigenvalue weighted by Crippen LogP contribution is -2.46. The zero-order valence-electron chi connectivity index (χ0n) is 22.5. The highest BCUT2D eigenvalue weighted by atomic mass is 32.2. The first-order valence-corrected chi connectivity index (χ1v) is 15.4. The number of hydrogen-bond acceptors (Lipinski definition) is 6. The van der Waals surface area contributed by atoms with Gasteiger partial charge < -0.3 is 0 Å². The molecule has 1 heterocycles. The van der Waals surface area contributed by atoms with E-state index in [0.29, 0.717) is 16.7 Å². The SMILES string of the molecule is Cc1cc(C)c(C)c(S(=O)(=O)N(CCc2ccc(S(N)(=O)=O)cc2)C2CC(=O)N(c3ccc(F)cc3)C2=O)c1C. The Morgan fingerprint density at radius 1 is 0.900 bits per heavy atom. The van der Waals surface area contributed by atoms with Crippen LogP contribution in [0.25, 0.3) is 0 Å². The van der Waals surface area contributed by atoms with Crippen LogP contribution in [0.2, 0.25) is 0 Å². The largest absolute Gasteiger partial charge is 0.274 e. The van der Waals surface area contributed by atoms with Crippen LogP contribution in [0.3, 0.4) is 0 Å². The first-order chi connectivity index (χ1) is 18.6. The predicted molar refractivity (Wildman–Crippen MR) is 148 cm³/mol. The molecule has 4 rings (SSSR count). The van der Waals surface area contributed by atoms with Gasteiger partial charge in [-0.05, 0) is 98.3 Å². The van der Waals surface area contributed by atoms with Gasteiger partial charge >= 0.3 is 0 Å². The summed E-state index contributed by atoms with van der Waals surface area (Å²) >= 11 is 0. The molecule has 3 aromatic carbocycles. The monoisotopic (exact) mass is 587 g/mol. The van der Waals surface area contributed by atoms with Crippen LogP contribution in [0.4, 0.5) is 10.1 Å². The zero-order valence-corrected chi connectivity index (χ0v) is 24.1. The fraction of sp³-hybridized carbons (Fsp3) is 0.286. The molecule has 1 saturated heterocycles. The fourth-order valence-electron chi connectivity index (χ4n) is 4.92. The first kappa shape index (κ1) is 29.5. The average Bonchev–Trinajstić information content (AvgIpc) is 3.16. The Morgan fingerprint density at radius 3 is 1.98 bits per heavy atom. The number of amides is 2. The van der Waals surface area contributed by atoms with Crippen LogP contribution in [0.5, 0.6) is 0 Å². The maximum Gasteiger partial charge on any atom is 0.252 e. The molecule has 1 aliphatic rings. The number of sulfonamides is 2. The van der Waals surface area contributed by atoms with Crippen LogP contribution in [0, 0.1) is 33.5 Å². The van der Waals surface area contributed by atoms with E-state index in [1.54, 1.807) is 27.7 Å². The lowest BCUT2D eigenvalue weighted by Gasteiger charge is -2.29. The lowest BCUT2D eigenvalue weighted by atomic mass is 10.0. The summed E-state index contributed by atoms with van der Waals surface area (Å²) < 4.78 is 66.4. The van der Waals surface area contributed by atoms with Gasteiger partial charge in [-0.15, -0.1) is 0 Å². The molecule has 0 bridgehead atoms. The van der Waals surface area contributed by atoms with Crippen molar-refractivity contribution in [1.82, 2.24) is 4.31 Å². The molecular weight excluding hydrogens is 557 g/mol. The van der Waals surface area contributed by atoms with Gasteiger partial charge in [0.15, 0.2) is 0 Å². The van der Waals surface area contributed by atoms with Gasteiger partial charge in [-0.2, -0.15) is 4.31 Å². The van der Waals surface area contributed by atoms with Crippen molar-refractivity contribution in [3.63, 3.8) is 0 Å². The summed E-state index contributed by atoms with van der Waals surface area (Å²) in [6, 6.07) is 11.1. The van der Waals surface area contributed by atoms with Gasteiger partial charge in [-0.1, -0.05) is 18.2 Å². The number of nitrogens with zero attached hydrogens (tertiary/aromatic N) is 2. The summed E-state index contributed by atoms with van der Waals surface area (Å²) in [6.07, 6.45) is -0.260. The summed E-state index contributed by atoms with van der Waals surface area (Å²) in [7, 11) is -8.21.